The summed E-state index contributed by atoms with van der Waals surface area (Å²) < 4.78 is 5.53. The molecular formula is C12H30N2OSi. The van der Waals surface area contributed by atoms with Crippen molar-refractivity contribution in [3.05, 3.63) is 0 Å². The van der Waals surface area contributed by atoms with Crippen LogP contribution in [0, 0.1) is 5.92 Å². The fourth-order valence-corrected chi connectivity index (χ4v) is 1.96. The Bertz CT molecular complexity index is 171. The van der Waals surface area contributed by atoms with E-state index in [9.17, 15) is 0 Å². The number of nitrogens with one attached hydrogen (secondary N) is 2. The number of rotatable bonds is 9. The molecule has 0 aromatic rings. The van der Waals surface area contributed by atoms with Crippen molar-refractivity contribution >= 4 is 8.07 Å². The molecule has 0 aromatic carbocycles. The molecule has 98 valence electrons. The van der Waals surface area contributed by atoms with Gasteiger partial charge >= 0.3 is 0 Å². The molecule has 0 radical (unpaired) electrons. The lowest BCUT2D eigenvalue weighted by molar-refractivity contribution is 0.110. The predicted molar refractivity (Wildman–Crippen MR) is 74.2 cm³/mol. The number of hydrazine groups is 1. The van der Waals surface area contributed by atoms with Crippen LogP contribution in [0.15, 0.2) is 0 Å². The molecule has 3 nitrogen and oxygen atoms in total. The highest BCUT2D eigenvalue weighted by Crippen LogP contribution is 2.07. The van der Waals surface area contributed by atoms with E-state index in [1.54, 1.807) is 0 Å². The summed E-state index contributed by atoms with van der Waals surface area (Å²) in [5.41, 5.74) is 6.40. The Hall–Kier alpha value is 0.0969. The minimum absolute atomic E-state index is 0.491. The average molecular weight is 246 g/mol. The standard InChI is InChI=1S/C12H30N2OSi/c1-7-11(2)12(3)14-13-10-15-8-9-16(4,5)6/h11-14H,7-10H2,1-6H3/t11?,12-/m1/s1. The Kier molecular flexibility index (Phi) is 8.28. The van der Waals surface area contributed by atoms with E-state index in [0.29, 0.717) is 18.7 Å². The Labute approximate surface area is 102 Å². The van der Waals surface area contributed by atoms with Gasteiger partial charge in [0.25, 0.3) is 0 Å². The van der Waals surface area contributed by atoms with Crippen molar-refractivity contribution in [1.82, 2.24) is 10.9 Å². The first kappa shape index (κ1) is 16.1. The maximum Gasteiger partial charge on any atom is 0.109 e. The van der Waals surface area contributed by atoms with Crippen LogP contribution in [0.2, 0.25) is 25.7 Å². The van der Waals surface area contributed by atoms with Crippen molar-refractivity contribution < 1.29 is 4.74 Å². The predicted octanol–water partition coefficient (Wildman–Crippen LogP) is 2.83. The molecule has 0 bridgehead atoms. The van der Waals surface area contributed by atoms with Gasteiger partial charge in [0.15, 0.2) is 0 Å². The molecule has 0 aromatic heterocycles. The van der Waals surface area contributed by atoms with Gasteiger partial charge in [-0.25, -0.2) is 5.43 Å². The minimum Gasteiger partial charge on any atom is -0.365 e. The van der Waals surface area contributed by atoms with Crippen LogP contribution in [0.4, 0.5) is 0 Å². The van der Waals surface area contributed by atoms with E-state index < -0.39 is 8.07 Å². The van der Waals surface area contributed by atoms with Crippen LogP contribution in [-0.2, 0) is 4.74 Å². The Morgan fingerprint density at radius 3 is 2.31 bits per heavy atom. The zero-order valence-corrected chi connectivity index (χ0v) is 12.9. The van der Waals surface area contributed by atoms with Crippen LogP contribution < -0.4 is 10.9 Å². The summed E-state index contributed by atoms with van der Waals surface area (Å²) in [5, 5.41) is 0. The summed E-state index contributed by atoms with van der Waals surface area (Å²) in [6.07, 6.45) is 1.20. The Morgan fingerprint density at radius 2 is 1.81 bits per heavy atom. The van der Waals surface area contributed by atoms with E-state index in [2.05, 4.69) is 51.3 Å². The molecule has 2 atom stereocenters. The minimum atomic E-state index is -0.936. The molecular weight excluding hydrogens is 216 g/mol. The highest BCUT2D eigenvalue weighted by atomic mass is 28.3. The van der Waals surface area contributed by atoms with Crippen LogP contribution in [0.25, 0.3) is 0 Å². The molecule has 0 heterocycles. The third kappa shape index (κ3) is 9.33. The largest absolute Gasteiger partial charge is 0.365 e. The molecule has 0 rings (SSSR count). The normalized spacial score (nSPS) is 16.1. The van der Waals surface area contributed by atoms with Crippen molar-refractivity contribution in [3.63, 3.8) is 0 Å². The second-order valence-electron chi connectivity index (χ2n) is 5.86. The summed E-state index contributed by atoms with van der Waals surface area (Å²) in [7, 11) is -0.936. The molecule has 0 aliphatic carbocycles. The second-order valence-corrected chi connectivity index (χ2v) is 11.5. The summed E-state index contributed by atoms with van der Waals surface area (Å²) in [4.78, 5) is 0. The lowest BCUT2D eigenvalue weighted by Crippen LogP contribution is -2.43. The average Bonchev–Trinajstić information content (AvgIpc) is 2.20. The fourth-order valence-electron chi connectivity index (χ4n) is 1.20. The van der Waals surface area contributed by atoms with E-state index in [-0.39, 0.29) is 0 Å². The summed E-state index contributed by atoms with van der Waals surface area (Å²) in [5.74, 6) is 0.689. The quantitative estimate of drug-likeness (QED) is 0.284. The molecule has 0 aliphatic rings. The van der Waals surface area contributed by atoms with E-state index in [1.807, 2.05) is 0 Å². The maximum absolute atomic E-state index is 5.53. The second kappa shape index (κ2) is 8.23. The molecule has 2 N–H and O–H groups in total. The number of hydrogen-bond donors (Lipinski definition) is 2. The van der Waals surface area contributed by atoms with E-state index in [4.69, 9.17) is 4.74 Å². The van der Waals surface area contributed by atoms with Gasteiger partial charge in [-0.2, -0.15) is 0 Å². The molecule has 16 heavy (non-hydrogen) atoms. The topological polar surface area (TPSA) is 33.3 Å². The molecule has 0 aliphatic heterocycles. The lowest BCUT2D eigenvalue weighted by Gasteiger charge is -2.21. The van der Waals surface area contributed by atoms with Gasteiger partial charge in [-0.05, 0) is 18.9 Å². The van der Waals surface area contributed by atoms with Gasteiger partial charge in [0.1, 0.15) is 6.73 Å². The molecule has 0 saturated heterocycles. The van der Waals surface area contributed by atoms with Crippen molar-refractivity contribution in [2.24, 2.45) is 5.92 Å². The monoisotopic (exact) mass is 246 g/mol. The van der Waals surface area contributed by atoms with Gasteiger partial charge in [-0.1, -0.05) is 39.9 Å². The third-order valence-electron chi connectivity index (χ3n) is 3.00. The van der Waals surface area contributed by atoms with Gasteiger partial charge in [0.05, 0.1) is 0 Å². The fraction of sp³-hybridized carbons (Fsp3) is 1.00. The van der Waals surface area contributed by atoms with E-state index in [0.717, 1.165) is 6.61 Å². The number of hydrogen-bond acceptors (Lipinski definition) is 3. The van der Waals surface area contributed by atoms with Gasteiger partial charge in [0, 0.05) is 20.7 Å². The molecule has 0 amide bonds. The first-order valence-electron chi connectivity index (χ1n) is 6.43. The Morgan fingerprint density at radius 1 is 1.19 bits per heavy atom. The Balaban J connectivity index is 3.34. The molecule has 0 spiro atoms. The zero-order valence-electron chi connectivity index (χ0n) is 11.9. The molecule has 0 fully saturated rings. The SMILES string of the molecule is CCC(C)[C@@H](C)NNCOCC[Si](C)(C)C. The van der Waals surface area contributed by atoms with Crippen LogP contribution in [-0.4, -0.2) is 27.5 Å². The van der Waals surface area contributed by atoms with E-state index in [1.165, 1.54) is 12.5 Å². The van der Waals surface area contributed by atoms with Gasteiger partial charge in [-0.3, -0.25) is 5.43 Å². The van der Waals surface area contributed by atoms with E-state index >= 15 is 0 Å². The van der Waals surface area contributed by atoms with Crippen LogP contribution in [0.1, 0.15) is 27.2 Å². The van der Waals surface area contributed by atoms with Crippen molar-refractivity contribution in [2.45, 2.75) is 58.9 Å². The van der Waals surface area contributed by atoms with Gasteiger partial charge < -0.3 is 4.74 Å². The lowest BCUT2D eigenvalue weighted by atomic mass is 10.0. The smallest absolute Gasteiger partial charge is 0.109 e. The number of ether oxygens (including phenoxy) is 1. The molecule has 0 saturated carbocycles. The highest BCUT2D eigenvalue weighted by Gasteiger charge is 2.12. The summed E-state index contributed by atoms with van der Waals surface area (Å²) >= 11 is 0. The first-order chi connectivity index (χ1) is 7.37. The van der Waals surface area contributed by atoms with Crippen LogP contribution >= 0.6 is 0 Å². The first-order valence-corrected chi connectivity index (χ1v) is 10.1. The zero-order chi connectivity index (χ0) is 12.6. The molecule has 1 unspecified atom stereocenters. The van der Waals surface area contributed by atoms with Gasteiger partial charge in [-0.15, -0.1) is 0 Å². The highest BCUT2D eigenvalue weighted by molar-refractivity contribution is 6.76. The maximum atomic E-state index is 5.53. The van der Waals surface area contributed by atoms with Gasteiger partial charge in [0.2, 0.25) is 0 Å². The van der Waals surface area contributed by atoms with Crippen molar-refractivity contribution in [2.75, 3.05) is 13.3 Å². The van der Waals surface area contributed by atoms with Crippen LogP contribution in [0.5, 0.6) is 0 Å². The van der Waals surface area contributed by atoms with Crippen LogP contribution in [0.3, 0.4) is 0 Å². The molecule has 4 heteroatoms. The van der Waals surface area contributed by atoms with Crippen molar-refractivity contribution in [1.29, 1.82) is 0 Å². The van der Waals surface area contributed by atoms with Crippen molar-refractivity contribution in [3.8, 4) is 0 Å². The third-order valence-corrected chi connectivity index (χ3v) is 4.70. The summed E-state index contributed by atoms with van der Waals surface area (Å²) in [6.45, 7) is 15.3. The summed E-state index contributed by atoms with van der Waals surface area (Å²) in [6, 6.07) is 1.72.